The summed E-state index contributed by atoms with van der Waals surface area (Å²) in [5, 5.41) is 10.3. The zero-order chi connectivity index (χ0) is 21.6. The lowest BCUT2D eigenvalue weighted by Gasteiger charge is -2.44. The molecule has 0 amide bonds. The summed E-state index contributed by atoms with van der Waals surface area (Å²) in [5.41, 5.74) is 5.87. The normalized spacial score (nSPS) is 29.2. The molecule has 1 fully saturated rings. The molecule has 2 unspecified atom stereocenters. The van der Waals surface area contributed by atoms with Gasteiger partial charge < -0.3 is 34.5 Å². The summed E-state index contributed by atoms with van der Waals surface area (Å²) in [4.78, 5) is 45.9. The Hall–Kier alpha value is -2.31. The van der Waals surface area contributed by atoms with E-state index in [1.165, 1.54) is 0 Å². The maximum Gasteiger partial charge on any atom is 0.369 e. The molecule has 0 aliphatic carbocycles. The fourth-order valence-corrected chi connectivity index (χ4v) is 2.69. The summed E-state index contributed by atoms with van der Waals surface area (Å²) < 4.78 is 38.7. The van der Waals surface area contributed by atoms with Gasteiger partial charge in [-0.05, 0) is 0 Å². The van der Waals surface area contributed by atoms with E-state index < -0.39 is 73.2 Å². The van der Waals surface area contributed by atoms with E-state index in [-0.39, 0.29) is 0 Å². The van der Waals surface area contributed by atoms with E-state index in [1.807, 2.05) is 0 Å². The highest BCUT2D eigenvalue weighted by Crippen LogP contribution is 2.33. The molecule has 1 heterocycles. The number of esters is 4. The monoisotopic (exact) mass is 409 g/mol. The van der Waals surface area contributed by atoms with Crippen LogP contribution in [0.1, 0.15) is 27.2 Å². The van der Waals surface area contributed by atoms with Crippen LogP contribution in [0.25, 0.3) is 0 Å². The van der Waals surface area contributed by atoms with Crippen molar-refractivity contribution in [3.63, 3.8) is 0 Å². The highest BCUT2D eigenvalue weighted by atomic mass is 19.1. The third-order valence-corrected chi connectivity index (χ3v) is 3.88. The molecule has 1 saturated heterocycles. The lowest BCUT2D eigenvalue weighted by Crippen LogP contribution is -2.66. The molecule has 0 aromatic carbocycles. The Morgan fingerprint density at radius 1 is 1.18 bits per heavy atom. The van der Waals surface area contributed by atoms with Gasteiger partial charge >= 0.3 is 23.9 Å². The highest BCUT2D eigenvalue weighted by Gasteiger charge is 2.57. The lowest BCUT2D eigenvalue weighted by atomic mass is 9.90. The first kappa shape index (κ1) is 23.7. The van der Waals surface area contributed by atoms with Crippen LogP contribution in [-0.4, -0.2) is 79.0 Å². The zero-order valence-electron chi connectivity index (χ0n) is 15.9. The largest absolute Gasteiger partial charge is 0.465 e. The van der Waals surface area contributed by atoms with Crippen LogP contribution in [0.2, 0.25) is 0 Å². The molecule has 0 spiro atoms. The third-order valence-electron chi connectivity index (χ3n) is 3.88. The maximum absolute atomic E-state index is 14.3. The topological polar surface area (TPSA) is 161 Å². The number of alkyl halides is 1. The van der Waals surface area contributed by atoms with Crippen LogP contribution in [0.15, 0.2) is 0 Å². The fraction of sp³-hybridized carbons (Fsp3) is 0.750. The number of halogens is 1. The minimum atomic E-state index is -3.02. The molecule has 1 rings (SSSR count). The number of hydrogen-bond donors (Lipinski definition) is 2. The van der Waals surface area contributed by atoms with Gasteiger partial charge in [0.15, 0.2) is 18.4 Å². The van der Waals surface area contributed by atoms with E-state index in [2.05, 4.69) is 4.74 Å². The van der Waals surface area contributed by atoms with Crippen molar-refractivity contribution in [2.24, 2.45) is 5.73 Å². The van der Waals surface area contributed by atoms with Gasteiger partial charge in [-0.1, -0.05) is 0 Å². The van der Waals surface area contributed by atoms with Gasteiger partial charge in [-0.25, -0.2) is 9.18 Å². The number of ether oxygens (including phenoxy) is 5. The van der Waals surface area contributed by atoms with E-state index in [0.717, 1.165) is 27.9 Å². The van der Waals surface area contributed by atoms with Crippen LogP contribution in [0, 0.1) is 0 Å². The van der Waals surface area contributed by atoms with E-state index in [4.69, 9.17) is 24.7 Å². The second-order valence-corrected chi connectivity index (χ2v) is 6.16. The van der Waals surface area contributed by atoms with Crippen LogP contribution in [0.3, 0.4) is 0 Å². The molecule has 0 bridgehead atoms. The number of methoxy groups -OCH3 is 1. The second kappa shape index (κ2) is 9.75. The summed E-state index contributed by atoms with van der Waals surface area (Å²) in [6, 6.07) is -1.18. The van der Waals surface area contributed by atoms with Crippen molar-refractivity contribution in [1.82, 2.24) is 0 Å². The minimum Gasteiger partial charge on any atom is -0.465 e. The number of carbonyl (C=O) groups excluding carboxylic acids is 4. The molecule has 28 heavy (non-hydrogen) atoms. The molecular weight excluding hydrogens is 385 g/mol. The van der Waals surface area contributed by atoms with Crippen molar-refractivity contribution in [3.8, 4) is 0 Å². The molecular formula is C16H24FNO10. The number of nitrogens with two attached hydrogens (primary N) is 1. The fourth-order valence-electron chi connectivity index (χ4n) is 2.69. The van der Waals surface area contributed by atoms with E-state index in [9.17, 15) is 28.7 Å². The van der Waals surface area contributed by atoms with Gasteiger partial charge in [0.05, 0.1) is 7.11 Å². The first-order valence-corrected chi connectivity index (χ1v) is 8.28. The first-order valence-electron chi connectivity index (χ1n) is 8.28. The molecule has 1 aliphatic heterocycles. The van der Waals surface area contributed by atoms with Crippen molar-refractivity contribution in [2.75, 3.05) is 13.7 Å². The van der Waals surface area contributed by atoms with Gasteiger partial charge in [-0.3, -0.25) is 14.4 Å². The smallest absolute Gasteiger partial charge is 0.369 e. The number of carbonyl (C=O) groups is 4. The summed E-state index contributed by atoms with van der Waals surface area (Å²) in [6.45, 7) is 2.63. The van der Waals surface area contributed by atoms with Crippen LogP contribution < -0.4 is 5.73 Å². The molecule has 1 aliphatic rings. The Morgan fingerprint density at radius 3 is 2.21 bits per heavy atom. The van der Waals surface area contributed by atoms with Crippen molar-refractivity contribution < 1.29 is 52.4 Å². The lowest BCUT2D eigenvalue weighted by molar-refractivity contribution is -0.302. The van der Waals surface area contributed by atoms with Gasteiger partial charge in [-0.15, -0.1) is 0 Å². The number of hydrogen-bond acceptors (Lipinski definition) is 11. The molecule has 11 nitrogen and oxygen atoms in total. The SMILES string of the molecule is COC(=O)[C@@]1(O)OC([C@H](OC(C)=O)[C@@H](COC(C)=O)OC(C)=O)[C@H](N)CC1F. The number of rotatable bonds is 7. The summed E-state index contributed by atoms with van der Waals surface area (Å²) >= 11 is 0. The van der Waals surface area contributed by atoms with Crippen molar-refractivity contribution in [3.05, 3.63) is 0 Å². The Balaban J connectivity index is 3.26. The van der Waals surface area contributed by atoms with Crippen LogP contribution in [-0.2, 0) is 42.9 Å². The molecule has 0 radical (unpaired) electrons. The maximum atomic E-state index is 14.3. The Kier molecular flexibility index (Phi) is 8.27. The first-order chi connectivity index (χ1) is 12.9. The Labute approximate surface area is 160 Å². The van der Waals surface area contributed by atoms with E-state index in [1.54, 1.807) is 0 Å². The molecule has 3 N–H and O–H groups in total. The predicted octanol–water partition coefficient (Wildman–Crippen LogP) is -1.27. The van der Waals surface area contributed by atoms with E-state index in [0.29, 0.717) is 0 Å². The third kappa shape index (κ3) is 5.84. The molecule has 0 aromatic rings. The van der Waals surface area contributed by atoms with Crippen LogP contribution in [0.4, 0.5) is 4.39 Å². The quantitative estimate of drug-likeness (QED) is 0.381. The average molecular weight is 409 g/mol. The minimum absolute atomic E-state index is 0.546. The Morgan fingerprint density at radius 2 is 1.75 bits per heavy atom. The summed E-state index contributed by atoms with van der Waals surface area (Å²) in [6.07, 6.45) is -7.22. The molecule has 6 atom stereocenters. The Bertz CT molecular complexity index is 614. The summed E-state index contributed by atoms with van der Waals surface area (Å²) in [7, 11) is 0.909. The molecule has 0 saturated carbocycles. The predicted molar refractivity (Wildman–Crippen MR) is 87.1 cm³/mol. The molecule has 12 heteroatoms. The molecule has 0 aromatic heterocycles. The van der Waals surface area contributed by atoms with Gasteiger partial charge in [0.25, 0.3) is 5.79 Å². The van der Waals surface area contributed by atoms with Gasteiger partial charge in [0, 0.05) is 33.2 Å². The standard InChI is InChI=1S/C16H24FNO10/c1-7(19)25-6-11(26-8(2)20)14(27-9(3)21)13-10(18)5-12(17)16(23,28-13)15(22)24-4/h10-14,23H,5-6,18H2,1-4H3/t10-,11-,12?,13?,14-,16+/m1/s1. The highest BCUT2D eigenvalue weighted by molar-refractivity contribution is 5.78. The van der Waals surface area contributed by atoms with Gasteiger partial charge in [-0.2, -0.15) is 0 Å². The molecule has 160 valence electrons. The van der Waals surface area contributed by atoms with Gasteiger partial charge in [0.1, 0.15) is 12.7 Å². The van der Waals surface area contributed by atoms with Gasteiger partial charge in [0.2, 0.25) is 0 Å². The average Bonchev–Trinajstić information content (AvgIpc) is 2.58. The van der Waals surface area contributed by atoms with Crippen LogP contribution >= 0.6 is 0 Å². The second-order valence-electron chi connectivity index (χ2n) is 6.16. The summed E-state index contributed by atoms with van der Waals surface area (Å²) in [5.74, 6) is -6.84. The van der Waals surface area contributed by atoms with Crippen LogP contribution in [0.5, 0.6) is 0 Å². The van der Waals surface area contributed by atoms with Crippen molar-refractivity contribution in [2.45, 2.75) is 63.5 Å². The van der Waals surface area contributed by atoms with Crippen molar-refractivity contribution >= 4 is 23.9 Å². The zero-order valence-corrected chi connectivity index (χ0v) is 15.9. The number of aliphatic hydroxyl groups is 1. The van der Waals surface area contributed by atoms with Crippen molar-refractivity contribution in [1.29, 1.82) is 0 Å². The van der Waals surface area contributed by atoms with E-state index >= 15 is 0 Å².